The number of hydrogen-bond acceptors (Lipinski definition) is 5. The second-order valence-electron chi connectivity index (χ2n) is 3.44. The van der Waals surface area contributed by atoms with Crippen molar-refractivity contribution in [3.05, 3.63) is 40.2 Å². The van der Waals surface area contributed by atoms with Crippen LogP contribution in [0.4, 0.5) is 5.88 Å². The third kappa shape index (κ3) is 4.74. The van der Waals surface area contributed by atoms with Gasteiger partial charge < -0.3 is 9.73 Å². The number of thiocarbonyl (C=S) groups is 1. The van der Waals surface area contributed by atoms with Crippen LogP contribution in [0, 0.1) is 10.1 Å². The molecule has 1 heterocycles. The fourth-order valence-corrected chi connectivity index (χ4v) is 1.06. The Morgan fingerprint density at radius 3 is 3.00 bits per heavy atom. The molecule has 0 radical (unpaired) electrons. The van der Waals surface area contributed by atoms with Crippen LogP contribution in [0.1, 0.15) is 12.7 Å². The molecule has 0 saturated heterocycles. The van der Waals surface area contributed by atoms with E-state index in [1.54, 1.807) is 0 Å². The largest absolute Gasteiger partial charge is 0.433 e. The minimum Gasteiger partial charge on any atom is -0.400 e. The zero-order valence-electron chi connectivity index (χ0n) is 9.67. The first-order chi connectivity index (χ1) is 8.49. The molecule has 1 aromatic heterocycles. The zero-order chi connectivity index (χ0) is 13.5. The number of nitrogens with zero attached hydrogens (tertiary/aromatic N) is 2. The maximum Gasteiger partial charge on any atom is 0.433 e. The molecule has 96 valence electrons. The minimum atomic E-state index is -0.621. The van der Waals surface area contributed by atoms with Gasteiger partial charge in [0.05, 0.1) is 12.3 Å². The number of rotatable bonds is 5. The number of hydrazone groups is 1. The van der Waals surface area contributed by atoms with Crippen LogP contribution in [0.5, 0.6) is 0 Å². The van der Waals surface area contributed by atoms with E-state index in [-0.39, 0.29) is 11.6 Å². The summed E-state index contributed by atoms with van der Waals surface area (Å²) in [5.74, 6) is -0.0728. The summed E-state index contributed by atoms with van der Waals surface area (Å²) in [7, 11) is 0. The van der Waals surface area contributed by atoms with Crippen LogP contribution in [-0.2, 0) is 0 Å². The second kappa shape index (κ2) is 6.50. The highest BCUT2D eigenvalue weighted by molar-refractivity contribution is 7.80. The summed E-state index contributed by atoms with van der Waals surface area (Å²) < 4.78 is 4.86. The Balaban J connectivity index is 2.42. The Morgan fingerprint density at radius 1 is 1.72 bits per heavy atom. The minimum absolute atomic E-state index is 0.261. The van der Waals surface area contributed by atoms with E-state index >= 15 is 0 Å². The summed E-state index contributed by atoms with van der Waals surface area (Å²) in [6.07, 6.45) is 1.29. The zero-order valence-corrected chi connectivity index (χ0v) is 10.5. The predicted octanol–water partition coefficient (Wildman–Crippen LogP) is 1.56. The molecular formula is C10H12N4O3S. The summed E-state index contributed by atoms with van der Waals surface area (Å²) in [5.41, 5.74) is 3.48. The van der Waals surface area contributed by atoms with Gasteiger partial charge in [0.15, 0.2) is 10.9 Å². The van der Waals surface area contributed by atoms with Crippen molar-refractivity contribution in [2.24, 2.45) is 5.10 Å². The van der Waals surface area contributed by atoms with E-state index in [4.69, 9.17) is 16.6 Å². The Labute approximate surface area is 109 Å². The van der Waals surface area contributed by atoms with Gasteiger partial charge in [-0.25, -0.2) is 0 Å². The van der Waals surface area contributed by atoms with Gasteiger partial charge in [-0.05, 0) is 25.2 Å². The fourth-order valence-electron chi connectivity index (χ4n) is 0.935. The highest BCUT2D eigenvalue weighted by Crippen LogP contribution is 2.13. The number of hydrogen-bond donors (Lipinski definition) is 2. The molecule has 0 aromatic carbocycles. The molecule has 18 heavy (non-hydrogen) atoms. The van der Waals surface area contributed by atoms with E-state index in [1.807, 2.05) is 6.92 Å². The van der Waals surface area contributed by atoms with E-state index in [1.165, 1.54) is 18.3 Å². The van der Waals surface area contributed by atoms with Crippen LogP contribution in [-0.4, -0.2) is 22.8 Å². The topological polar surface area (TPSA) is 92.7 Å². The van der Waals surface area contributed by atoms with Crippen LogP contribution in [0.15, 0.2) is 33.8 Å². The van der Waals surface area contributed by atoms with Crippen LogP contribution in [0.25, 0.3) is 0 Å². The Bertz CT molecular complexity index is 495. The average Bonchev–Trinajstić information content (AvgIpc) is 2.75. The molecular weight excluding hydrogens is 256 g/mol. The van der Waals surface area contributed by atoms with Gasteiger partial charge in [0.25, 0.3) is 0 Å². The highest BCUT2D eigenvalue weighted by Gasteiger charge is 2.09. The Hall–Kier alpha value is -2.22. The van der Waals surface area contributed by atoms with Gasteiger partial charge in [-0.2, -0.15) is 5.10 Å². The van der Waals surface area contributed by atoms with Gasteiger partial charge in [0, 0.05) is 6.54 Å². The van der Waals surface area contributed by atoms with E-state index in [0.29, 0.717) is 11.7 Å². The van der Waals surface area contributed by atoms with Crippen molar-refractivity contribution >= 4 is 29.4 Å². The van der Waals surface area contributed by atoms with Crippen molar-refractivity contribution in [3.63, 3.8) is 0 Å². The summed E-state index contributed by atoms with van der Waals surface area (Å²) in [5, 5.41) is 17.3. The van der Waals surface area contributed by atoms with E-state index in [9.17, 15) is 10.1 Å². The van der Waals surface area contributed by atoms with Gasteiger partial charge in [-0.15, -0.1) is 0 Å². The number of nitrogens with one attached hydrogen (secondary N) is 2. The summed E-state index contributed by atoms with van der Waals surface area (Å²) >= 11 is 4.92. The van der Waals surface area contributed by atoms with Crippen molar-refractivity contribution in [2.75, 3.05) is 6.54 Å². The van der Waals surface area contributed by atoms with E-state index < -0.39 is 4.92 Å². The monoisotopic (exact) mass is 268 g/mol. The molecule has 0 bridgehead atoms. The lowest BCUT2D eigenvalue weighted by molar-refractivity contribution is -0.402. The summed E-state index contributed by atoms with van der Waals surface area (Å²) in [4.78, 5) is 9.74. The van der Waals surface area contributed by atoms with Crippen LogP contribution in [0.2, 0.25) is 0 Å². The molecule has 0 spiro atoms. The smallest absolute Gasteiger partial charge is 0.400 e. The second-order valence-corrected chi connectivity index (χ2v) is 3.85. The van der Waals surface area contributed by atoms with Crippen molar-refractivity contribution in [2.45, 2.75) is 6.92 Å². The molecule has 2 N–H and O–H groups in total. The molecule has 1 rings (SSSR count). The first-order valence-corrected chi connectivity index (χ1v) is 5.35. The standard InChI is InChI=1S/C10H12N4O3S/c1-7(2)5-11-10(18)13-12-6-8-3-4-9(17-8)14(15)16/h3-4,6H,1,5H2,2H3,(H2,11,13,18)/b12-6+. The van der Waals surface area contributed by atoms with Crippen molar-refractivity contribution in [1.82, 2.24) is 10.7 Å². The molecule has 8 heteroatoms. The van der Waals surface area contributed by atoms with Gasteiger partial charge in [-0.3, -0.25) is 15.5 Å². The summed E-state index contributed by atoms with van der Waals surface area (Å²) in [6, 6.07) is 2.69. The lowest BCUT2D eigenvalue weighted by Gasteiger charge is -2.05. The lowest BCUT2D eigenvalue weighted by Crippen LogP contribution is -2.32. The third-order valence-corrected chi connectivity index (χ3v) is 1.94. The predicted molar refractivity (Wildman–Crippen MR) is 71.5 cm³/mol. The lowest BCUT2D eigenvalue weighted by atomic mass is 10.4. The first kappa shape index (κ1) is 13.8. The molecule has 0 saturated carbocycles. The fraction of sp³-hybridized carbons (Fsp3) is 0.200. The van der Waals surface area contributed by atoms with Gasteiger partial charge >= 0.3 is 5.88 Å². The molecule has 1 aromatic rings. The molecule has 0 aliphatic carbocycles. The molecule has 0 aliphatic heterocycles. The van der Waals surface area contributed by atoms with E-state index in [2.05, 4.69) is 22.4 Å². The van der Waals surface area contributed by atoms with Crippen molar-refractivity contribution in [3.8, 4) is 0 Å². The molecule has 0 atom stereocenters. The molecule has 0 amide bonds. The normalized spacial score (nSPS) is 10.3. The molecule has 0 fully saturated rings. The molecule has 0 aliphatic rings. The van der Waals surface area contributed by atoms with Crippen molar-refractivity contribution < 1.29 is 9.34 Å². The quantitative estimate of drug-likeness (QED) is 0.277. The highest BCUT2D eigenvalue weighted by atomic mass is 32.1. The maximum absolute atomic E-state index is 10.4. The summed E-state index contributed by atoms with van der Waals surface area (Å²) in [6.45, 7) is 6.12. The van der Waals surface area contributed by atoms with Gasteiger partial charge in [-0.1, -0.05) is 12.2 Å². The molecule has 7 nitrogen and oxygen atoms in total. The SMILES string of the molecule is C=C(C)CNC(=S)N/N=C/c1ccc([N+](=O)[O-])o1. The van der Waals surface area contributed by atoms with Gasteiger partial charge in [0.1, 0.15) is 4.92 Å². The number of furan rings is 1. The third-order valence-electron chi connectivity index (χ3n) is 1.70. The van der Waals surface area contributed by atoms with E-state index in [0.717, 1.165) is 5.57 Å². The Morgan fingerprint density at radius 2 is 2.44 bits per heavy atom. The van der Waals surface area contributed by atoms with Crippen LogP contribution >= 0.6 is 12.2 Å². The Kier molecular flexibility index (Phi) is 5.00. The van der Waals surface area contributed by atoms with Crippen molar-refractivity contribution in [1.29, 1.82) is 0 Å². The van der Waals surface area contributed by atoms with Crippen LogP contribution < -0.4 is 10.7 Å². The van der Waals surface area contributed by atoms with Crippen LogP contribution in [0.3, 0.4) is 0 Å². The maximum atomic E-state index is 10.4. The first-order valence-electron chi connectivity index (χ1n) is 4.94. The number of nitro groups is 1. The average molecular weight is 268 g/mol. The van der Waals surface area contributed by atoms with Gasteiger partial charge in [0.2, 0.25) is 0 Å². The molecule has 0 unspecified atom stereocenters.